The molecule has 0 atom stereocenters. The van der Waals surface area contributed by atoms with Crippen LogP contribution in [0.25, 0.3) is 5.69 Å². The van der Waals surface area contributed by atoms with Gasteiger partial charge in [0.25, 0.3) is 11.4 Å². The minimum Gasteiger partial charge on any atom is -0.463 e. The fourth-order valence-electron chi connectivity index (χ4n) is 3.58. The number of hydrogen-bond donors (Lipinski definition) is 0. The Hall–Kier alpha value is -4.93. The molecule has 3 aromatic heterocycles. The van der Waals surface area contributed by atoms with Crippen LogP contribution >= 0.6 is 11.6 Å². The van der Waals surface area contributed by atoms with Gasteiger partial charge in [0, 0.05) is 37.1 Å². The molecule has 44 heavy (non-hydrogen) atoms. The standard InChI is InChI=1S/C26H16ClF7N4O6/c1-37-20(26(32,33)34)9-21(39)38(24(37)41)16-8-18(14(27)7-15(16)28)44-17-3-2-6-35-23(17)43-12-22(40)42-11-13-4-5-19(36-10-13)25(29,30)31/h2-10H,11-12H2,1H3. The number of rotatable bonds is 8. The summed E-state index contributed by atoms with van der Waals surface area (Å²) in [5.41, 5.74) is -6.29. The Morgan fingerprint density at radius 3 is 2.34 bits per heavy atom. The van der Waals surface area contributed by atoms with Gasteiger partial charge in [0.2, 0.25) is 0 Å². The number of aromatic nitrogens is 4. The van der Waals surface area contributed by atoms with Gasteiger partial charge in [-0.2, -0.15) is 26.3 Å². The van der Waals surface area contributed by atoms with E-state index in [0.29, 0.717) is 6.07 Å². The van der Waals surface area contributed by atoms with Crippen molar-refractivity contribution in [1.82, 2.24) is 19.1 Å². The van der Waals surface area contributed by atoms with Crippen molar-refractivity contribution in [3.8, 4) is 23.1 Å². The second kappa shape index (κ2) is 12.4. The molecule has 0 unspecified atom stereocenters. The monoisotopic (exact) mass is 648 g/mol. The highest BCUT2D eigenvalue weighted by Gasteiger charge is 2.35. The van der Waals surface area contributed by atoms with E-state index in [2.05, 4.69) is 9.97 Å². The normalized spacial score (nSPS) is 11.8. The van der Waals surface area contributed by atoms with E-state index in [1.807, 2.05) is 0 Å². The molecule has 0 fully saturated rings. The molecule has 232 valence electrons. The summed E-state index contributed by atoms with van der Waals surface area (Å²) in [4.78, 5) is 44.4. The fraction of sp³-hybridized carbons (Fsp3) is 0.192. The summed E-state index contributed by atoms with van der Waals surface area (Å²) in [6.07, 6.45) is -7.55. The van der Waals surface area contributed by atoms with E-state index in [1.165, 1.54) is 18.3 Å². The Kier molecular flexibility index (Phi) is 8.98. The van der Waals surface area contributed by atoms with Gasteiger partial charge < -0.3 is 14.2 Å². The van der Waals surface area contributed by atoms with Gasteiger partial charge in [-0.05, 0) is 24.3 Å². The Bertz CT molecular complexity index is 1820. The highest BCUT2D eigenvalue weighted by atomic mass is 35.5. The van der Waals surface area contributed by atoms with Gasteiger partial charge in [-0.1, -0.05) is 17.7 Å². The summed E-state index contributed by atoms with van der Waals surface area (Å²) in [5.74, 6) is -3.10. The van der Waals surface area contributed by atoms with Crippen LogP contribution in [0.4, 0.5) is 30.7 Å². The van der Waals surface area contributed by atoms with Gasteiger partial charge in [-0.25, -0.2) is 23.5 Å². The summed E-state index contributed by atoms with van der Waals surface area (Å²) in [5, 5.41) is -0.387. The fourth-order valence-corrected chi connectivity index (χ4v) is 3.77. The Morgan fingerprint density at radius 1 is 0.977 bits per heavy atom. The topological polar surface area (TPSA) is 115 Å². The highest BCUT2D eigenvalue weighted by molar-refractivity contribution is 6.32. The van der Waals surface area contributed by atoms with Crippen LogP contribution in [0.5, 0.6) is 17.4 Å². The smallest absolute Gasteiger partial charge is 0.433 e. The molecule has 4 aromatic rings. The van der Waals surface area contributed by atoms with Crippen molar-refractivity contribution in [2.45, 2.75) is 19.0 Å². The molecule has 0 N–H and O–H groups in total. The Balaban J connectivity index is 1.52. The van der Waals surface area contributed by atoms with Crippen LogP contribution in [0.1, 0.15) is 17.0 Å². The van der Waals surface area contributed by atoms with E-state index in [-0.39, 0.29) is 43.2 Å². The average Bonchev–Trinajstić information content (AvgIpc) is 2.94. The number of ether oxygens (including phenoxy) is 3. The minimum absolute atomic E-state index is 0.121. The van der Waals surface area contributed by atoms with E-state index in [1.54, 1.807) is 0 Å². The number of nitrogens with zero attached hydrogens (tertiary/aromatic N) is 4. The molecule has 0 spiro atoms. The molecule has 0 aliphatic carbocycles. The lowest BCUT2D eigenvalue weighted by Gasteiger charge is -2.16. The van der Waals surface area contributed by atoms with Crippen LogP contribution in [0, 0.1) is 5.82 Å². The predicted molar refractivity (Wildman–Crippen MR) is 136 cm³/mol. The SMILES string of the molecule is Cn1c(C(F)(F)F)cc(=O)n(-c2cc(Oc3cccnc3OCC(=O)OCc3ccc(C(F)(F)F)nc3)c(Cl)cc2F)c1=O. The maximum Gasteiger partial charge on any atom is 0.433 e. The second-order valence-electron chi connectivity index (χ2n) is 8.68. The van der Waals surface area contributed by atoms with E-state index in [9.17, 15) is 45.1 Å². The molecule has 0 amide bonds. The van der Waals surface area contributed by atoms with Crippen molar-refractivity contribution in [3.05, 3.63) is 103 Å². The lowest BCUT2D eigenvalue weighted by Crippen LogP contribution is -2.41. The first-order valence-corrected chi connectivity index (χ1v) is 12.3. The highest BCUT2D eigenvalue weighted by Crippen LogP contribution is 2.36. The molecule has 10 nitrogen and oxygen atoms in total. The van der Waals surface area contributed by atoms with Crippen LogP contribution in [0.15, 0.2) is 64.4 Å². The number of carbonyl (C=O) groups is 1. The largest absolute Gasteiger partial charge is 0.463 e. The first-order valence-electron chi connectivity index (χ1n) is 11.9. The molecule has 4 rings (SSSR count). The van der Waals surface area contributed by atoms with E-state index < -0.39 is 65.7 Å². The predicted octanol–water partition coefficient (Wildman–Crippen LogP) is 5.07. The number of esters is 1. The summed E-state index contributed by atoms with van der Waals surface area (Å²) in [7, 11) is 0.747. The van der Waals surface area contributed by atoms with E-state index in [0.717, 1.165) is 31.4 Å². The molecule has 0 aliphatic rings. The Labute approximate surface area is 245 Å². The zero-order valence-electron chi connectivity index (χ0n) is 21.9. The molecule has 1 aromatic carbocycles. The molecule has 18 heteroatoms. The van der Waals surface area contributed by atoms with Gasteiger partial charge in [-0.3, -0.25) is 14.3 Å². The first kappa shape index (κ1) is 32.0. The maximum absolute atomic E-state index is 14.8. The molecular weight excluding hydrogens is 633 g/mol. The van der Waals surface area contributed by atoms with Gasteiger partial charge in [-0.15, -0.1) is 0 Å². The third-order valence-corrected chi connectivity index (χ3v) is 5.95. The van der Waals surface area contributed by atoms with Crippen LogP contribution in [0.3, 0.4) is 0 Å². The third-order valence-electron chi connectivity index (χ3n) is 5.65. The zero-order valence-corrected chi connectivity index (χ0v) is 22.6. The van der Waals surface area contributed by atoms with Crippen LogP contribution < -0.4 is 20.7 Å². The number of carbonyl (C=O) groups excluding carboxylic acids is 1. The molecule has 0 radical (unpaired) electrons. The summed E-state index contributed by atoms with van der Waals surface area (Å²) in [6.45, 7) is -1.17. The van der Waals surface area contributed by atoms with Crippen molar-refractivity contribution in [2.24, 2.45) is 7.05 Å². The van der Waals surface area contributed by atoms with Gasteiger partial charge >= 0.3 is 24.0 Å². The van der Waals surface area contributed by atoms with Crippen LogP contribution in [0.2, 0.25) is 5.02 Å². The molecule has 0 saturated heterocycles. The zero-order chi connectivity index (χ0) is 32.4. The number of halogens is 8. The first-order chi connectivity index (χ1) is 20.6. The van der Waals surface area contributed by atoms with Crippen molar-refractivity contribution in [1.29, 1.82) is 0 Å². The molecule has 3 heterocycles. The second-order valence-corrected chi connectivity index (χ2v) is 9.09. The van der Waals surface area contributed by atoms with Crippen LogP contribution in [-0.2, 0) is 35.5 Å². The van der Waals surface area contributed by atoms with Gasteiger partial charge in [0.15, 0.2) is 12.4 Å². The van der Waals surface area contributed by atoms with E-state index >= 15 is 0 Å². The lowest BCUT2D eigenvalue weighted by atomic mass is 10.2. The number of alkyl halides is 6. The summed E-state index contributed by atoms with van der Waals surface area (Å²) >= 11 is 6.06. The molecular formula is C26H16ClF7N4O6. The van der Waals surface area contributed by atoms with Gasteiger partial charge in [0.1, 0.15) is 29.6 Å². The van der Waals surface area contributed by atoms with E-state index in [4.69, 9.17) is 25.8 Å². The number of pyridine rings is 2. The van der Waals surface area contributed by atoms with Crippen molar-refractivity contribution >= 4 is 17.6 Å². The minimum atomic E-state index is -5.04. The third kappa shape index (κ3) is 7.16. The average molecular weight is 649 g/mol. The lowest BCUT2D eigenvalue weighted by molar-refractivity contribution is -0.147. The number of hydrogen-bond acceptors (Lipinski definition) is 8. The Morgan fingerprint density at radius 2 is 1.70 bits per heavy atom. The van der Waals surface area contributed by atoms with Crippen molar-refractivity contribution < 1.29 is 49.7 Å². The summed E-state index contributed by atoms with van der Waals surface area (Å²) < 4.78 is 108. The molecule has 0 aliphatic heterocycles. The molecule has 0 saturated carbocycles. The van der Waals surface area contributed by atoms with Gasteiger partial charge in [0.05, 0.1) is 10.7 Å². The number of benzene rings is 1. The maximum atomic E-state index is 14.8. The van der Waals surface area contributed by atoms with Crippen molar-refractivity contribution in [3.63, 3.8) is 0 Å². The van der Waals surface area contributed by atoms with Crippen molar-refractivity contribution in [2.75, 3.05) is 6.61 Å². The van der Waals surface area contributed by atoms with Crippen LogP contribution in [-0.4, -0.2) is 31.7 Å². The quantitative estimate of drug-likeness (QED) is 0.192. The molecule has 0 bridgehead atoms. The summed E-state index contributed by atoms with van der Waals surface area (Å²) in [6, 6.07) is 6.00.